The van der Waals surface area contributed by atoms with E-state index in [9.17, 15) is 24.4 Å². The third-order valence-electron chi connectivity index (χ3n) is 3.19. The molecule has 6 nitrogen and oxygen atoms in total. The number of carboxylic acids is 1. The van der Waals surface area contributed by atoms with Crippen LogP contribution < -0.4 is 9.84 Å². The number of ether oxygens (including phenoxy) is 1. The Morgan fingerprint density at radius 2 is 1.95 bits per heavy atom. The molecule has 7 heteroatoms. The molecule has 22 heavy (non-hydrogen) atoms. The second kappa shape index (κ2) is 5.80. The van der Waals surface area contributed by atoms with Crippen LogP contribution in [0.3, 0.4) is 0 Å². The summed E-state index contributed by atoms with van der Waals surface area (Å²) in [6.45, 7) is 1.47. The van der Waals surface area contributed by atoms with Crippen LogP contribution in [0.15, 0.2) is 30.3 Å². The Bertz CT molecular complexity index is 773. The molecule has 0 aromatic heterocycles. The molecule has 2 aromatic rings. The summed E-state index contributed by atoms with van der Waals surface area (Å²) < 4.78 is 19.1. The number of nitrogens with zero attached hydrogens (tertiary/aromatic N) is 1. The molecule has 0 aliphatic carbocycles. The van der Waals surface area contributed by atoms with Crippen LogP contribution in [0.1, 0.15) is 15.9 Å². The molecular formula is C15H11FNO5-. The van der Waals surface area contributed by atoms with Crippen LogP contribution in [0.4, 0.5) is 10.1 Å². The minimum atomic E-state index is -1.62. The van der Waals surface area contributed by atoms with Crippen molar-refractivity contribution in [2.75, 3.05) is 7.11 Å². The predicted octanol–water partition coefficient (Wildman–Crippen LogP) is 2.08. The summed E-state index contributed by atoms with van der Waals surface area (Å²) in [6, 6.07) is 5.89. The van der Waals surface area contributed by atoms with E-state index in [-0.39, 0.29) is 16.7 Å². The summed E-state index contributed by atoms with van der Waals surface area (Å²) in [5, 5.41) is 22.1. The SMILES string of the molecule is COc1ccc(F)c(-c2c(C)cc([N+](=O)[O-])cc2C(=O)[O-])c1. The minimum absolute atomic E-state index is 0.0223. The van der Waals surface area contributed by atoms with Gasteiger partial charge in [0.25, 0.3) is 5.69 Å². The van der Waals surface area contributed by atoms with Crippen LogP contribution in [-0.4, -0.2) is 18.0 Å². The van der Waals surface area contributed by atoms with Gasteiger partial charge < -0.3 is 14.6 Å². The highest BCUT2D eigenvalue weighted by molar-refractivity contribution is 5.97. The first-order valence-corrected chi connectivity index (χ1v) is 6.19. The first-order chi connectivity index (χ1) is 10.3. The lowest BCUT2D eigenvalue weighted by Crippen LogP contribution is -2.23. The lowest BCUT2D eigenvalue weighted by Gasteiger charge is -2.15. The topological polar surface area (TPSA) is 92.5 Å². The van der Waals surface area contributed by atoms with Gasteiger partial charge >= 0.3 is 0 Å². The Morgan fingerprint density at radius 1 is 1.27 bits per heavy atom. The summed E-state index contributed by atoms with van der Waals surface area (Å²) in [5.74, 6) is -1.96. The average molecular weight is 304 g/mol. The van der Waals surface area contributed by atoms with E-state index in [2.05, 4.69) is 0 Å². The fourth-order valence-corrected chi connectivity index (χ4v) is 2.21. The van der Waals surface area contributed by atoms with Crippen molar-refractivity contribution in [1.29, 1.82) is 0 Å². The molecule has 0 atom stereocenters. The maximum Gasteiger partial charge on any atom is 0.270 e. The highest BCUT2D eigenvalue weighted by Crippen LogP contribution is 2.34. The first kappa shape index (κ1) is 15.4. The number of nitro groups is 1. The lowest BCUT2D eigenvalue weighted by molar-refractivity contribution is -0.385. The molecule has 2 aromatic carbocycles. The molecule has 0 saturated carbocycles. The van der Waals surface area contributed by atoms with E-state index >= 15 is 0 Å². The molecular weight excluding hydrogens is 293 g/mol. The number of carbonyl (C=O) groups excluding carboxylic acids is 1. The Morgan fingerprint density at radius 3 is 2.50 bits per heavy atom. The highest BCUT2D eigenvalue weighted by atomic mass is 19.1. The maximum absolute atomic E-state index is 14.1. The summed E-state index contributed by atoms with van der Waals surface area (Å²) in [7, 11) is 1.39. The quantitative estimate of drug-likeness (QED) is 0.637. The van der Waals surface area contributed by atoms with Crippen molar-refractivity contribution in [2.24, 2.45) is 0 Å². The molecule has 0 N–H and O–H groups in total. The number of hydrogen-bond donors (Lipinski definition) is 0. The van der Waals surface area contributed by atoms with Crippen LogP contribution in [0.2, 0.25) is 0 Å². The third-order valence-corrected chi connectivity index (χ3v) is 3.19. The molecule has 0 unspecified atom stereocenters. The van der Waals surface area contributed by atoms with Gasteiger partial charge in [0.05, 0.1) is 18.0 Å². The number of methoxy groups -OCH3 is 1. The number of benzene rings is 2. The molecule has 0 fully saturated rings. The van der Waals surface area contributed by atoms with Gasteiger partial charge in [-0.15, -0.1) is 0 Å². The van der Waals surface area contributed by atoms with E-state index in [1.165, 1.54) is 32.2 Å². The molecule has 0 radical (unpaired) electrons. The summed E-state index contributed by atoms with van der Waals surface area (Å²) in [5.41, 5.74) is -0.587. The number of hydrogen-bond acceptors (Lipinski definition) is 5. The van der Waals surface area contributed by atoms with Crippen molar-refractivity contribution in [3.8, 4) is 16.9 Å². The van der Waals surface area contributed by atoms with Crippen molar-refractivity contribution in [1.82, 2.24) is 0 Å². The number of halogens is 1. The zero-order valence-electron chi connectivity index (χ0n) is 11.8. The third kappa shape index (κ3) is 2.73. The molecule has 2 rings (SSSR count). The number of non-ortho nitro benzene ring substituents is 1. The Kier molecular flexibility index (Phi) is 4.07. The zero-order chi connectivity index (χ0) is 16.4. The second-order valence-corrected chi connectivity index (χ2v) is 4.58. The number of carboxylic acid groups (broad SMARTS) is 1. The van der Waals surface area contributed by atoms with E-state index in [0.717, 1.165) is 12.1 Å². The smallest absolute Gasteiger partial charge is 0.270 e. The van der Waals surface area contributed by atoms with Crippen LogP contribution in [0.25, 0.3) is 11.1 Å². The summed E-state index contributed by atoms with van der Waals surface area (Å²) >= 11 is 0. The van der Waals surface area contributed by atoms with E-state index in [0.29, 0.717) is 5.75 Å². The molecule has 0 aliphatic rings. The molecule has 0 saturated heterocycles. The highest BCUT2D eigenvalue weighted by Gasteiger charge is 2.19. The maximum atomic E-state index is 14.1. The fourth-order valence-electron chi connectivity index (χ4n) is 2.21. The monoisotopic (exact) mass is 304 g/mol. The number of rotatable bonds is 4. The van der Waals surface area contributed by atoms with Crippen molar-refractivity contribution in [2.45, 2.75) is 6.92 Å². The standard InChI is InChI=1S/C15H12FNO5/c1-8-5-9(17(20)21)6-12(15(18)19)14(8)11-7-10(22-2)3-4-13(11)16/h3-7H,1-2H3,(H,18,19)/p-1. The van der Waals surface area contributed by atoms with Gasteiger partial charge in [-0.25, -0.2) is 4.39 Å². The molecule has 0 spiro atoms. The number of nitro benzene ring substituents is 1. The molecule has 0 aliphatic heterocycles. The van der Waals surface area contributed by atoms with Crippen LogP contribution >= 0.6 is 0 Å². The number of carbonyl (C=O) groups is 1. The average Bonchev–Trinajstić information content (AvgIpc) is 2.47. The van der Waals surface area contributed by atoms with Gasteiger partial charge in [-0.3, -0.25) is 10.1 Å². The van der Waals surface area contributed by atoms with Crippen molar-refractivity contribution in [3.63, 3.8) is 0 Å². The van der Waals surface area contributed by atoms with Gasteiger partial charge in [-0.05, 0) is 36.2 Å². The Hall–Kier alpha value is -2.96. The predicted molar refractivity (Wildman–Crippen MR) is 74.1 cm³/mol. The van der Waals surface area contributed by atoms with Crippen molar-refractivity contribution in [3.05, 3.63) is 57.4 Å². The summed E-state index contributed by atoms with van der Waals surface area (Å²) in [4.78, 5) is 21.4. The van der Waals surface area contributed by atoms with Crippen LogP contribution in [-0.2, 0) is 0 Å². The number of aryl methyl sites for hydroxylation is 1. The first-order valence-electron chi connectivity index (χ1n) is 6.19. The summed E-state index contributed by atoms with van der Waals surface area (Å²) in [6.07, 6.45) is 0. The van der Waals surface area contributed by atoms with Gasteiger partial charge in [0.1, 0.15) is 11.6 Å². The van der Waals surface area contributed by atoms with E-state index in [1.54, 1.807) is 0 Å². The fraction of sp³-hybridized carbons (Fsp3) is 0.133. The van der Waals surface area contributed by atoms with Gasteiger partial charge in [0.15, 0.2) is 0 Å². The van der Waals surface area contributed by atoms with Crippen LogP contribution in [0.5, 0.6) is 5.75 Å². The normalized spacial score (nSPS) is 10.3. The van der Waals surface area contributed by atoms with Gasteiger partial charge in [0, 0.05) is 23.3 Å². The van der Waals surface area contributed by atoms with E-state index < -0.39 is 28.0 Å². The molecule has 114 valence electrons. The lowest BCUT2D eigenvalue weighted by atomic mass is 9.93. The molecule has 0 bridgehead atoms. The van der Waals surface area contributed by atoms with Gasteiger partial charge in [-0.2, -0.15) is 0 Å². The minimum Gasteiger partial charge on any atom is -0.545 e. The van der Waals surface area contributed by atoms with Crippen LogP contribution in [0, 0.1) is 22.9 Å². The van der Waals surface area contributed by atoms with E-state index in [4.69, 9.17) is 4.74 Å². The van der Waals surface area contributed by atoms with Crippen molar-refractivity contribution < 1.29 is 24.0 Å². The Balaban J connectivity index is 2.80. The van der Waals surface area contributed by atoms with E-state index in [1.807, 2.05) is 0 Å². The molecule has 0 heterocycles. The molecule has 0 amide bonds. The zero-order valence-corrected chi connectivity index (χ0v) is 11.8. The Labute approximate surface area is 124 Å². The largest absolute Gasteiger partial charge is 0.545 e. The van der Waals surface area contributed by atoms with Crippen molar-refractivity contribution >= 4 is 11.7 Å². The van der Waals surface area contributed by atoms with Gasteiger partial charge in [-0.1, -0.05) is 0 Å². The van der Waals surface area contributed by atoms with Gasteiger partial charge in [0.2, 0.25) is 0 Å². The number of aromatic carboxylic acids is 1. The second-order valence-electron chi connectivity index (χ2n) is 4.58.